The van der Waals surface area contributed by atoms with E-state index < -0.39 is 0 Å². The number of aryl methyl sites for hydroxylation is 1. The topological polar surface area (TPSA) is 41.0 Å². The molecule has 0 fully saturated rings. The zero-order valence-corrected chi connectivity index (χ0v) is 7.42. The largest absolute Gasteiger partial charge is 0.296 e. The van der Waals surface area contributed by atoms with Crippen molar-refractivity contribution in [3.05, 3.63) is 21.6 Å². The van der Waals surface area contributed by atoms with Crippen molar-refractivity contribution in [2.75, 3.05) is 7.05 Å². The van der Waals surface area contributed by atoms with Gasteiger partial charge in [0, 0.05) is 19.6 Å². The molecule has 0 spiro atoms. The van der Waals surface area contributed by atoms with E-state index in [1.54, 1.807) is 0 Å². The Kier molecular flexibility index (Phi) is 1.58. The van der Waals surface area contributed by atoms with E-state index in [4.69, 9.17) is 0 Å². The SMILES string of the molecule is CCn1[nH]c(=O)c2c1CN(C)C2. The normalized spacial score (nSPS) is 16.8. The van der Waals surface area contributed by atoms with Gasteiger partial charge in [-0.1, -0.05) is 0 Å². The minimum atomic E-state index is 0.0798. The second-order valence-electron chi connectivity index (χ2n) is 3.28. The van der Waals surface area contributed by atoms with Crippen LogP contribution in [0.3, 0.4) is 0 Å². The summed E-state index contributed by atoms with van der Waals surface area (Å²) in [5.41, 5.74) is 2.18. The molecule has 2 heterocycles. The second kappa shape index (κ2) is 2.48. The molecule has 0 atom stereocenters. The van der Waals surface area contributed by atoms with Gasteiger partial charge in [0.05, 0.1) is 11.3 Å². The van der Waals surface area contributed by atoms with Crippen molar-refractivity contribution in [2.45, 2.75) is 26.6 Å². The van der Waals surface area contributed by atoms with Crippen LogP contribution in [0.2, 0.25) is 0 Å². The Balaban J connectivity index is 2.53. The summed E-state index contributed by atoms with van der Waals surface area (Å²) in [7, 11) is 2.03. The molecule has 1 aliphatic rings. The molecule has 66 valence electrons. The van der Waals surface area contributed by atoms with E-state index in [2.05, 4.69) is 10.00 Å². The van der Waals surface area contributed by atoms with E-state index in [1.807, 2.05) is 18.7 Å². The molecule has 0 amide bonds. The number of hydrogen-bond acceptors (Lipinski definition) is 2. The number of fused-ring (bicyclic) bond motifs is 1. The fourth-order valence-electron chi connectivity index (χ4n) is 1.75. The standard InChI is InChI=1S/C8H13N3O/c1-3-11-7-5-10(2)4-6(7)8(12)9-11/h3-5H2,1-2H3,(H,9,12). The van der Waals surface area contributed by atoms with Crippen LogP contribution in [0.1, 0.15) is 18.2 Å². The Labute approximate surface area is 70.8 Å². The molecule has 2 rings (SSSR count). The smallest absolute Gasteiger partial charge is 0.268 e. The first-order chi connectivity index (χ1) is 5.72. The first-order valence-corrected chi connectivity index (χ1v) is 4.21. The first-order valence-electron chi connectivity index (χ1n) is 4.21. The average molecular weight is 167 g/mol. The van der Waals surface area contributed by atoms with Crippen LogP contribution in [-0.2, 0) is 19.6 Å². The molecule has 0 bridgehead atoms. The Morgan fingerprint density at radius 2 is 2.25 bits per heavy atom. The Bertz CT molecular complexity index is 350. The average Bonchev–Trinajstić information content (AvgIpc) is 2.52. The number of nitrogens with zero attached hydrogens (tertiary/aromatic N) is 2. The van der Waals surface area contributed by atoms with E-state index in [9.17, 15) is 4.79 Å². The van der Waals surface area contributed by atoms with Crippen LogP contribution >= 0.6 is 0 Å². The molecule has 0 unspecified atom stereocenters. The third kappa shape index (κ3) is 0.914. The zero-order chi connectivity index (χ0) is 8.72. The number of hydrogen-bond donors (Lipinski definition) is 1. The lowest BCUT2D eigenvalue weighted by molar-refractivity contribution is 0.341. The molecule has 0 aliphatic carbocycles. The van der Waals surface area contributed by atoms with Crippen molar-refractivity contribution in [1.82, 2.24) is 14.7 Å². The van der Waals surface area contributed by atoms with Crippen molar-refractivity contribution >= 4 is 0 Å². The van der Waals surface area contributed by atoms with E-state index in [0.717, 1.165) is 30.9 Å². The quantitative estimate of drug-likeness (QED) is 0.646. The van der Waals surface area contributed by atoms with Crippen molar-refractivity contribution in [1.29, 1.82) is 0 Å². The van der Waals surface area contributed by atoms with Crippen molar-refractivity contribution in [2.24, 2.45) is 0 Å². The minimum absolute atomic E-state index is 0.0798. The van der Waals surface area contributed by atoms with Gasteiger partial charge in [-0.15, -0.1) is 0 Å². The Morgan fingerprint density at radius 1 is 1.50 bits per heavy atom. The van der Waals surface area contributed by atoms with Gasteiger partial charge in [-0.2, -0.15) is 0 Å². The van der Waals surface area contributed by atoms with Crippen LogP contribution in [0, 0.1) is 0 Å². The Hall–Kier alpha value is -1.03. The van der Waals surface area contributed by atoms with Gasteiger partial charge in [0.1, 0.15) is 0 Å². The van der Waals surface area contributed by atoms with Crippen LogP contribution in [-0.4, -0.2) is 21.7 Å². The van der Waals surface area contributed by atoms with Crippen LogP contribution in [0.4, 0.5) is 0 Å². The summed E-state index contributed by atoms with van der Waals surface area (Å²) in [4.78, 5) is 13.5. The predicted octanol–water partition coefficient (Wildman–Crippen LogP) is 0.142. The molecule has 12 heavy (non-hydrogen) atoms. The van der Waals surface area contributed by atoms with Gasteiger partial charge in [-0.05, 0) is 14.0 Å². The van der Waals surface area contributed by atoms with E-state index in [0.29, 0.717) is 0 Å². The van der Waals surface area contributed by atoms with Crippen LogP contribution < -0.4 is 5.56 Å². The maximum Gasteiger partial charge on any atom is 0.268 e. The number of rotatable bonds is 1. The maximum absolute atomic E-state index is 11.3. The van der Waals surface area contributed by atoms with Crippen molar-refractivity contribution in [3.8, 4) is 0 Å². The molecule has 1 aromatic rings. The highest BCUT2D eigenvalue weighted by atomic mass is 16.1. The van der Waals surface area contributed by atoms with Gasteiger partial charge in [-0.25, -0.2) is 0 Å². The minimum Gasteiger partial charge on any atom is -0.296 e. The molecular formula is C8H13N3O. The van der Waals surface area contributed by atoms with E-state index in [-0.39, 0.29) is 5.56 Å². The van der Waals surface area contributed by atoms with Crippen LogP contribution in [0.25, 0.3) is 0 Å². The third-order valence-electron chi connectivity index (χ3n) is 2.35. The summed E-state index contributed by atoms with van der Waals surface area (Å²) in [6.45, 7) is 4.56. The summed E-state index contributed by atoms with van der Waals surface area (Å²) in [5.74, 6) is 0. The van der Waals surface area contributed by atoms with Gasteiger partial charge < -0.3 is 0 Å². The zero-order valence-electron chi connectivity index (χ0n) is 7.42. The molecule has 0 radical (unpaired) electrons. The number of nitrogens with one attached hydrogen (secondary N) is 1. The molecule has 1 N–H and O–H groups in total. The summed E-state index contributed by atoms with van der Waals surface area (Å²) in [6, 6.07) is 0. The van der Waals surface area contributed by atoms with Gasteiger partial charge in [0.25, 0.3) is 5.56 Å². The highest BCUT2D eigenvalue weighted by Gasteiger charge is 2.22. The van der Waals surface area contributed by atoms with Crippen LogP contribution in [0.5, 0.6) is 0 Å². The van der Waals surface area contributed by atoms with Gasteiger partial charge in [0.15, 0.2) is 0 Å². The third-order valence-corrected chi connectivity index (χ3v) is 2.35. The summed E-state index contributed by atoms with van der Waals surface area (Å²) in [5, 5.41) is 2.82. The first kappa shape index (κ1) is 7.61. The van der Waals surface area contributed by atoms with Crippen molar-refractivity contribution in [3.63, 3.8) is 0 Å². The lowest BCUT2D eigenvalue weighted by Crippen LogP contribution is -2.16. The van der Waals surface area contributed by atoms with Crippen LogP contribution in [0.15, 0.2) is 4.79 Å². The van der Waals surface area contributed by atoms with E-state index in [1.165, 1.54) is 0 Å². The molecule has 0 saturated carbocycles. The molecule has 4 nitrogen and oxygen atoms in total. The number of H-pyrrole nitrogens is 1. The summed E-state index contributed by atoms with van der Waals surface area (Å²) >= 11 is 0. The van der Waals surface area contributed by atoms with Gasteiger partial charge in [0.2, 0.25) is 0 Å². The summed E-state index contributed by atoms with van der Waals surface area (Å²) < 4.78 is 1.93. The maximum atomic E-state index is 11.3. The molecule has 0 aromatic carbocycles. The molecule has 4 heteroatoms. The van der Waals surface area contributed by atoms with E-state index >= 15 is 0 Å². The predicted molar refractivity (Wildman–Crippen MR) is 45.9 cm³/mol. The Morgan fingerprint density at radius 3 is 2.92 bits per heavy atom. The second-order valence-corrected chi connectivity index (χ2v) is 3.28. The number of aromatic nitrogens is 2. The fourth-order valence-corrected chi connectivity index (χ4v) is 1.75. The van der Waals surface area contributed by atoms with Crippen molar-refractivity contribution < 1.29 is 0 Å². The molecule has 0 saturated heterocycles. The highest BCUT2D eigenvalue weighted by molar-refractivity contribution is 5.21. The molecular weight excluding hydrogens is 154 g/mol. The fraction of sp³-hybridized carbons (Fsp3) is 0.625. The molecule has 1 aromatic heterocycles. The lowest BCUT2D eigenvalue weighted by Gasteiger charge is -2.06. The highest BCUT2D eigenvalue weighted by Crippen LogP contribution is 2.16. The number of aromatic amines is 1. The monoisotopic (exact) mass is 167 g/mol. The van der Waals surface area contributed by atoms with Gasteiger partial charge >= 0.3 is 0 Å². The molecule has 1 aliphatic heterocycles. The lowest BCUT2D eigenvalue weighted by atomic mass is 10.3. The summed E-state index contributed by atoms with van der Waals surface area (Å²) in [6.07, 6.45) is 0. The van der Waals surface area contributed by atoms with Gasteiger partial charge in [-0.3, -0.25) is 19.5 Å².